The molecule has 0 unspecified atom stereocenters. The maximum absolute atomic E-state index is 11.4. The molecule has 0 aliphatic heterocycles. The average Bonchev–Trinajstić information content (AvgIpc) is 2.24. The van der Waals surface area contributed by atoms with E-state index in [1.54, 1.807) is 18.2 Å². The lowest BCUT2D eigenvalue weighted by Gasteiger charge is -2.04. The van der Waals surface area contributed by atoms with Gasteiger partial charge in [0.2, 0.25) is 10.0 Å². The summed E-state index contributed by atoms with van der Waals surface area (Å²) in [6.45, 7) is 0.389. The van der Waals surface area contributed by atoms with Gasteiger partial charge in [-0.25, -0.2) is 13.1 Å². The third kappa shape index (κ3) is 4.85. The lowest BCUT2D eigenvalue weighted by Crippen LogP contribution is -2.34. The second kappa shape index (κ2) is 5.57. The van der Waals surface area contributed by atoms with E-state index in [-0.39, 0.29) is 19.0 Å². The van der Waals surface area contributed by atoms with E-state index in [1.807, 2.05) is 0 Å². The average molecular weight is 243 g/mol. The van der Waals surface area contributed by atoms with Gasteiger partial charge in [-0.15, -0.1) is 0 Å². The Bertz CT molecular complexity index is 444. The number of carbonyl (C=O) groups is 1. The van der Waals surface area contributed by atoms with Crippen LogP contribution >= 0.6 is 0 Å². The lowest BCUT2D eigenvalue weighted by atomic mass is 10.3. The number of nitrogens with one attached hydrogen (secondary N) is 2. The van der Waals surface area contributed by atoms with Crippen LogP contribution in [-0.2, 0) is 10.0 Å². The number of hydrogen-bond donors (Lipinski definition) is 2. The molecule has 0 fully saturated rings. The molecule has 16 heavy (non-hydrogen) atoms. The Morgan fingerprint density at radius 3 is 2.69 bits per heavy atom. The van der Waals surface area contributed by atoms with Crippen LogP contribution < -0.4 is 10.0 Å². The Balaban J connectivity index is 2.32. The third-order valence-electron chi connectivity index (χ3n) is 1.67. The van der Waals surface area contributed by atoms with E-state index in [0.717, 1.165) is 6.26 Å². The zero-order valence-corrected chi connectivity index (χ0v) is 9.62. The van der Waals surface area contributed by atoms with Crippen molar-refractivity contribution in [3.05, 3.63) is 30.1 Å². The van der Waals surface area contributed by atoms with Crippen molar-refractivity contribution in [2.24, 2.45) is 0 Å². The number of rotatable bonds is 5. The van der Waals surface area contributed by atoms with Gasteiger partial charge in [-0.3, -0.25) is 9.78 Å². The molecule has 0 spiro atoms. The van der Waals surface area contributed by atoms with Gasteiger partial charge < -0.3 is 5.32 Å². The normalized spacial score (nSPS) is 11.1. The number of amides is 1. The van der Waals surface area contributed by atoms with E-state index >= 15 is 0 Å². The van der Waals surface area contributed by atoms with Crippen molar-refractivity contribution < 1.29 is 13.2 Å². The van der Waals surface area contributed by atoms with Crippen LogP contribution in [0.5, 0.6) is 0 Å². The quantitative estimate of drug-likeness (QED) is 0.673. The fourth-order valence-corrected chi connectivity index (χ4v) is 1.47. The molecular formula is C9H13N3O3S. The zero-order valence-electron chi connectivity index (χ0n) is 8.80. The molecule has 0 aliphatic rings. The molecule has 0 aliphatic carbocycles. The van der Waals surface area contributed by atoms with Crippen molar-refractivity contribution in [1.82, 2.24) is 15.0 Å². The maximum atomic E-state index is 11.4. The monoisotopic (exact) mass is 243 g/mol. The Morgan fingerprint density at radius 1 is 1.38 bits per heavy atom. The van der Waals surface area contributed by atoms with Gasteiger partial charge in [-0.2, -0.15) is 0 Å². The van der Waals surface area contributed by atoms with Gasteiger partial charge in [-0.1, -0.05) is 6.07 Å². The number of sulfonamides is 1. The number of aromatic nitrogens is 1. The summed E-state index contributed by atoms with van der Waals surface area (Å²) in [6, 6.07) is 5.00. The van der Waals surface area contributed by atoms with Gasteiger partial charge in [0.05, 0.1) is 6.26 Å². The second-order valence-corrected chi connectivity index (χ2v) is 4.97. The minimum Gasteiger partial charge on any atom is -0.349 e. The minimum atomic E-state index is -3.20. The Kier molecular flexibility index (Phi) is 4.39. The molecule has 0 radical (unpaired) electrons. The van der Waals surface area contributed by atoms with Crippen LogP contribution in [-0.4, -0.2) is 38.7 Å². The van der Waals surface area contributed by atoms with Crippen molar-refractivity contribution in [3.63, 3.8) is 0 Å². The second-order valence-electron chi connectivity index (χ2n) is 3.14. The lowest BCUT2D eigenvalue weighted by molar-refractivity contribution is 0.0949. The molecule has 1 rings (SSSR count). The van der Waals surface area contributed by atoms with Gasteiger partial charge in [0.25, 0.3) is 5.91 Å². The van der Waals surface area contributed by atoms with Crippen LogP contribution in [0.2, 0.25) is 0 Å². The summed E-state index contributed by atoms with van der Waals surface area (Å²) in [5.41, 5.74) is 0.307. The molecule has 1 aromatic heterocycles. The van der Waals surface area contributed by atoms with Gasteiger partial charge in [0.15, 0.2) is 0 Å². The van der Waals surface area contributed by atoms with Crippen molar-refractivity contribution in [3.8, 4) is 0 Å². The summed E-state index contributed by atoms with van der Waals surface area (Å²) >= 11 is 0. The molecule has 0 bridgehead atoms. The van der Waals surface area contributed by atoms with Gasteiger partial charge >= 0.3 is 0 Å². The molecule has 1 aromatic rings. The number of nitrogens with zero attached hydrogens (tertiary/aromatic N) is 1. The minimum absolute atomic E-state index is 0.164. The predicted octanol–water partition coefficient (Wildman–Crippen LogP) is -0.639. The highest BCUT2D eigenvalue weighted by atomic mass is 32.2. The molecule has 88 valence electrons. The third-order valence-corrected chi connectivity index (χ3v) is 2.40. The summed E-state index contributed by atoms with van der Waals surface area (Å²) < 4.78 is 23.7. The highest BCUT2D eigenvalue weighted by Crippen LogP contribution is 1.91. The summed E-state index contributed by atoms with van der Waals surface area (Å²) in [5, 5.41) is 2.54. The van der Waals surface area contributed by atoms with E-state index in [9.17, 15) is 13.2 Å². The predicted molar refractivity (Wildman–Crippen MR) is 59.4 cm³/mol. The van der Waals surface area contributed by atoms with Crippen molar-refractivity contribution >= 4 is 15.9 Å². The van der Waals surface area contributed by atoms with Crippen LogP contribution in [0.4, 0.5) is 0 Å². The highest BCUT2D eigenvalue weighted by molar-refractivity contribution is 7.88. The number of carbonyl (C=O) groups excluding carboxylic acids is 1. The maximum Gasteiger partial charge on any atom is 0.269 e. The van der Waals surface area contributed by atoms with Crippen LogP contribution in [0.1, 0.15) is 10.5 Å². The Labute approximate surface area is 94.1 Å². The van der Waals surface area contributed by atoms with Crippen molar-refractivity contribution in [2.75, 3.05) is 19.3 Å². The Morgan fingerprint density at radius 2 is 2.12 bits per heavy atom. The molecule has 6 nitrogen and oxygen atoms in total. The first-order valence-corrected chi connectivity index (χ1v) is 6.52. The largest absolute Gasteiger partial charge is 0.349 e. The first kappa shape index (κ1) is 12.6. The van der Waals surface area contributed by atoms with Gasteiger partial charge in [0.1, 0.15) is 5.69 Å². The SMILES string of the molecule is CS(=O)(=O)NCCNC(=O)c1ccccn1. The molecule has 0 saturated heterocycles. The fraction of sp³-hybridized carbons (Fsp3) is 0.333. The summed E-state index contributed by atoms with van der Waals surface area (Å²) in [4.78, 5) is 15.3. The molecule has 7 heteroatoms. The summed E-state index contributed by atoms with van der Waals surface area (Å²) in [6.07, 6.45) is 2.58. The topological polar surface area (TPSA) is 88.2 Å². The van der Waals surface area contributed by atoms with Crippen molar-refractivity contribution in [1.29, 1.82) is 0 Å². The van der Waals surface area contributed by atoms with E-state index in [4.69, 9.17) is 0 Å². The van der Waals surface area contributed by atoms with E-state index in [0.29, 0.717) is 5.69 Å². The fourth-order valence-electron chi connectivity index (χ4n) is 1.00. The van der Waals surface area contributed by atoms with E-state index in [2.05, 4.69) is 15.0 Å². The van der Waals surface area contributed by atoms with Crippen molar-refractivity contribution in [2.45, 2.75) is 0 Å². The van der Waals surface area contributed by atoms with E-state index < -0.39 is 10.0 Å². The Hall–Kier alpha value is -1.47. The van der Waals surface area contributed by atoms with Crippen LogP contribution in [0.25, 0.3) is 0 Å². The van der Waals surface area contributed by atoms with Crippen LogP contribution in [0.15, 0.2) is 24.4 Å². The van der Waals surface area contributed by atoms with E-state index in [1.165, 1.54) is 6.20 Å². The van der Waals surface area contributed by atoms with Gasteiger partial charge in [-0.05, 0) is 12.1 Å². The first-order valence-electron chi connectivity index (χ1n) is 4.63. The highest BCUT2D eigenvalue weighted by Gasteiger charge is 2.05. The zero-order chi connectivity index (χ0) is 12.0. The van der Waals surface area contributed by atoms with Crippen LogP contribution in [0, 0.1) is 0 Å². The molecule has 0 atom stereocenters. The smallest absolute Gasteiger partial charge is 0.269 e. The number of hydrogen-bond acceptors (Lipinski definition) is 4. The summed E-state index contributed by atoms with van der Waals surface area (Å²) in [7, 11) is -3.20. The molecule has 0 aromatic carbocycles. The molecular weight excluding hydrogens is 230 g/mol. The number of pyridine rings is 1. The standard InChI is InChI=1S/C9H13N3O3S/c1-16(14,15)12-7-6-11-9(13)8-4-2-3-5-10-8/h2-5,12H,6-7H2,1H3,(H,11,13). The van der Waals surface area contributed by atoms with Crippen LogP contribution in [0.3, 0.4) is 0 Å². The molecule has 1 heterocycles. The first-order chi connectivity index (χ1) is 7.49. The van der Waals surface area contributed by atoms with Gasteiger partial charge in [0, 0.05) is 19.3 Å². The molecule has 1 amide bonds. The summed E-state index contributed by atoms with van der Waals surface area (Å²) in [5.74, 6) is -0.323. The molecule has 2 N–H and O–H groups in total. The molecule has 0 saturated carbocycles.